The summed E-state index contributed by atoms with van der Waals surface area (Å²) in [6, 6.07) is 4.27. The van der Waals surface area contributed by atoms with Gasteiger partial charge in [-0.25, -0.2) is 0 Å². The van der Waals surface area contributed by atoms with E-state index in [1.165, 1.54) is 24.0 Å². The van der Waals surface area contributed by atoms with Gasteiger partial charge in [-0.3, -0.25) is 0 Å². The van der Waals surface area contributed by atoms with Gasteiger partial charge in [-0.2, -0.15) is 0 Å². The lowest BCUT2D eigenvalue weighted by molar-refractivity contribution is 0.409. The van der Waals surface area contributed by atoms with Crippen LogP contribution in [0.1, 0.15) is 30.9 Å². The number of hydrogen-bond donors (Lipinski definition) is 1. The topological polar surface area (TPSA) is 35.2 Å². The summed E-state index contributed by atoms with van der Waals surface area (Å²) >= 11 is 3.59. The average molecular weight is 286 g/mol. The number of methoxy groups -OCH3 is 1. The monoisotopic (exact) mass is 285 g/mol. The minimum atomic E-state index is 0.658. The van der Waals surface area contributed by atoms with Crippen LogP contribution in [0.4, 0.5) is 0 Å². The Hall–Kier alpha value is -0.540. The van der Waals surface area contributed by atoms with Gasteiger partial charge < -0.3 is 10.5 Å². The lowest BCUT2D eigenvalue weighted by Gasteiger charge is -2.12. The molecule has 3 heteroatoms. The molecule has 0 saturated heterocycles. The second-order valence-corrected chi connectivity index (χ2v) is 4.75. The van der Waals surface area contributed by atoms with Crippen LogP contribution in [0.5, 0.6) is 5.75 Å². The first-order valence-corrected chi connectivity index (χ1v) is 6.57. The molecule has 1 rings (SSSR count). The third-order valence-corrected chi connectivity index (χ3v) is 3.40. The van der Waals surface area contributed by atoms with E-state index in [9.17, 15) is 0 Å². The van der Waals surface area contributed by atoms with Crippen LogP contribution in [0.3, 0.4) is 0 Å². The molecule has 0 fully saturated rings. The minimum Gasteiger partial charge on any atom is -0.496 e. The van der Waals surface area contributed by atoms with Crippen molar-refractivity contribution in [3.05, 3.63) is 27.7 Å². The highest BCUT2D eigenvalue weighted by atomic mass is 79.9. The summed E-state index contributed by atoms with van der Waals surface area (Å²) in [4.78, 5) is 0. The normalized spacial score (nSPS) is 10.5. The number of rotatable bonds is 6. The van der Waals surface area contributed by atoms with Gasteiger partial charge in [0.05, 0.1) is 7.11 Å². The van der Waals surface area contributed by atoms with Crippen LogP contribution in [-0.2, 0) is 12.8 Å². The largest absolute Gasteiger partial charge is 0.496 e. The van der Waals surface area contributed by atoms with Crippen molar-refractivity contribution in [2.75, 3.05) is 13.7 Å². The first-order chi connectivity index (χ1) is 7.72. The quantitative estimate of drug-likeness (QED) is 0.870. The van der Waals surface area contributed by atoms with Gasteiger partial charge in [0.1, 0.15) is 5.75 Å². The SMILES string of the molecule is CCCCc1cc(CCN)c(OC)cc1Br. The van der Waals surface area contributed by atoms with Crippen molar-refractivity contribution in [1.82, 2.24) is 0 Å². The maximum Gasteiger partial charge on any atom is 0.123 e. The maximum absolute atomic E-state index is 5.61. The summed E-state index contributed by atoms with van der Waals surface area (Å²) in [6.07, 6.45) is 4.41. The molecule has 0 saturated carbocycles. The zero-order chi connectivity index (χ0) is 12.0. The zero-order valence-corrected chi connectivity index (χ0v) is 11.6. The Morgan fingerprint density at radius 2 is 2.00 bits per heavy atom. The van der Waals surface area contributed by atoms with Crippen molar-refractivity contribution >= 4 is 15.9 Å². The number of ether oxygens (including phenoxy) is 1. The molecule has 1 aromatic carbocycles. The van der Waals surface area contributed by atoms with Crippen molar-refractivity contribution in [2.24, 2.45) is 5.73 Å². The van der Waals surface area contributed by atoms with E-state index in [1.54, 1.807) is 7.11 Å². The number of benzene rings is 1. The zero-order valence-electron chi connectivity index (χ0n) is 10.1. The molecule has 0 heterocycles. The number of nitrogens with two attached hydrogens (primary N) is 1. The van der Waals surface area contributed by atoms with E-state index in [2.05, 4.69) is 35.0 Å². The highest BCUT2D eigenvalue weighted by molar-refractivity contribution is 9.10. The average Bonchev–Trinajstić information content (AvgIpc) is 2.29. The van der Waals surface area contributed by atoms with E-state index < -0.39 is 0 Å². The fraction of sp³-hybridized carbons (Fsp3) is 0.538. The lowest BCUT2D eigenvalue weighted by atomic mass is 10.0. The van der Waals surface area contributed by atoms with Gasteiger partial charge in [-0.05, 0) is 43.0 Å². The van der Waals surface area contributed by atoms with Gasteiger partial charge in [0.2, 0.25) is 0 Å². The van der Waals surface area contributed by atoms with Crippen molar-refractivity contribution in [3.8, 4) is 5.75 Å². The lowest BCUT2D eigenvalue weighted by Crippen LogP contribution is -2.05. The molecule has 2 N–H and O–H groups in total. The minimum absolute atomic E-state index is 0.658. The molecule has 0 aromatic heterocycles. The predicted octanol–water partition coefficient (Wildman–Crippen LogP) is 3.30. The van der Waals surface area contributed by atoms with Crippen LogP contribution >= 0.6 is 15.9 Å². The van der Waals surface area contributed by atoms with Crippen molar-refractivity contribution in [3.63, 3.8) is 0 Å². The number of hydrogen-bond acceptors (Lipinski definition) is 2. The van der Waals surface area contributed by atoms with E-state index in [4.69, 9.17) is 10.5 Å². The third kappa shape index (κ3) is 3.49. The number of aryl methyl sites for hydroxylation is 1. The summed E-state index contributed by atoms with van der Waals surface area (Å²) in [7, 11) is 1.70. The van der Waals surface area contributed by atoms with Crippen molar-refractivity contribution in [2.45, 2.75) is 32.6 Å². The van der Waals surface area contributed by atoms with Gasteiger partial charge in [-0.15, -0.1) is 0 Å². The molecule has 0 spiro atoms. The molecule has 0 aliphatic rings. The van der Waals surface area contributed by atoms with E-state index in [0.29, 0.717) is 6.54 Å². The number of halogens is 1. The summed E-state index contributed by atoms with van der Waals surface area (Å²) in [5, 5.41) is 0. The Balaban J connectivity index is 2.96. The van der Waals surface area contributed by atoms with Gasteiger partial charge in [0.25, 0.3) is 0 Å². The van der Waals surface area contributed by atoms with Crippen molar-refractivity contribution in [1.29, 1.82) is 0 Å². The summed E-state index contributed by atoms with van der Waals surface area (Å²) in [5.41, 5.74) is 8.17. The number of unbranched alkanes of at least 4 members (excludes halogenated alkanes) is 1. The van der Waals surface area contributed by atoms with E-state index in [0.717, 1.165) is 23.1 Å². The van der Waals surface area contributed by atoms with Gasteiger partial charge in [0, 0.05) is 4.47 Å². The summed E-state index contributed by atoms with van der Waals surface area (Å²) in [6.45, 7) is 2.86. The second-order valence-electron chi connectivity index (χ2n) is 3.90. The van der Waals surface area contributed by atoms with Crippen LogP contribution in [0.2, 0.25) is 0 Å². The van der Waals surface area contributed by atoms with E-state index in [1.807, 2.05) is 0 Å². The molecular formula is C13H20BrNO. The third-order valence-electron chi connectivity index (χ3n) is 2.66. The van der Waals surface area contributed by atoms with Crippen LogP contribution in [0.15, 0.2) is 16.6 Å². The van der Waals surface area contributed by atoms with Crippen LogP contribution < -0.4 is 10.5 Å². The van der Waals surface area contributed by atoms with Crippen LogP contribution in [-0.4, -0.2) is 13.7 Å². The van der Waals surface area contributed by atoms with Gasteiger partial charge >= 0.3 is 0 Å². The Morgan fingerprint density at radius 3 is 2.56 bits per heavy atom. The molecule has 0 bridgehead atoms. The maximum atomic E-state index is 5.61. The smallest absolute Gasteiger partial charge is 0.123 e. The van der Waals surface area contributed by atoms with E-state index in [-0.39, 0.29) is 0 Å². The molecule has 0 aliphatic heterocycles. The van der Waals surface area contributed by atoms with E-state index >= 15 is 0 Å². The second kappa shape index (κ2) is 6.92. The molecule has 0 radical (unpaired) electrons. The Labute approximate surface area is 106 Å². The summed E-state index contributed by atoms with van der Waals surface area (Å²) in [5.74, 6) is 0.928. The van der Waals surface area contributed by atoms with Gasteiger partial charge in [-0.1, -0.05) is 35.3 Å². The molecule has 90 valence electrons. The van der Waals surface area contributed by atoms with Crippen LogP contribution in [0.25, 0.3) is 0 Å². The summed E-state index contributed by atoms with van der Waals surface area (Å²) < 4.78 is 6.49. The Kier molecular flexibility index (Phi) is 5.85. The first kappa shape index (κ1) is 13.5. The Bertz CT molecular complexity index is 339. The van der Waals surface area contributed by atoms with Crippen LogP contribution in [0, 0.1) is 0 Å². The standard InChI is InChI=1S/C13H20BrNO/c1-3-4-5-10-8-11(6-7-15)13(16-2)9-12(10)14/h8-9H,3-7,15H2,1-2H3. The molecule has 1 aromatic rings. The fourth-order valence-corrected chi connectivity index (χ4v) is 2.27. The molecule has 2 nitrogen and oxygen atoms in total. The highest BCUT2D eigenvalue weighted by Gasteiger charge is 2.08. The van der Waals surface area contributed by atoms with Gasteiger partial charge in [0.15, 0.2) is 0 Å². The Morgan fingerprint density at radius 1 is 1.25 bits per heavy atom. The van der Waals surface area contributed by atoms with Crippen molar-refractivity contribution < 1.29 is 4.74 Å². The molecule has 0 aliphatic carbocycles. The molecule has 0 unspecified atom stereocenters. The molecule has 0 amide bonds. The molecular weight excluding hydrogens is 266 g/mol. The fourth-order valence-electron chi connectivity index (χ4n) is 1.75. The first-order valence-electron chi connectivity index (χ1n) is 5.78. The highest BCUT2D eigenvalue weighted by Crippen LogP contribution is 2.28. The predicted molar refractivity (Wildman–Crippen MR) is 72.1 cm³/mol. The molecule has 0 atom stereocenters. The molecule has 16 heavy (non-hydrogen) atoms.